The molecule has 0 radical (unpaired) electrons. The molecule has 15 heavy (non-hydrogen) atoms. The van der Waals surface area contributed by atoms with Crippen LogP contribution in [0.15, 0.2) is 0 Å². The highest BCUT2D eigenvalue weighted by molar-refractivity contribution is 6.17. The smallest absolute Gasteiger partial charge is 0.0235 e. The number of rotatable bonds is 6. The van der Waals surface area contributed by atoms with Gasteiger partial charge in [0.15, 0.2) is 0 Å². The summed E-state index contributed by atoms with van der Waals surface area (Å²) in [7, 11) is 0. The third kappa shape index (κ3) is 2.88. The first-order chi connectivity index (χ1) is 7.33. The van der Waals surface area contributed by atoms with Crippen molar-refractivity contribution >= 4 is 11.6 Å². The molecule has 0 aliphatic heterocycles. The lowest BCUT2D eigenvalue weighted by Gasteiger charge is -2.28. The van der Waals surface area contributed by atoms with Crippen LogP contribution in [0.4, 0.5) is 0 Å². The Morgan fingerprint density at radius 3 is 2.67 bits per heavy atom. The molecule has 3 atom stereocenters. The lowest BCUT2D eigenvalue weighted by atomic mass is 9.88. The SMILES string of the molecule is CCN(CCCCl)CC1CC2CCC1C2. The maximum atomic E-state index is 5.76. The van der Waals surface area contributed by atoms with Crippen molar-refractivity contribution in [2.75, 3.05) is 25.5 Å². The van der Waals surface area contributed by atoms with E-state index >= 15 is 0 Å². The number of fused-ring (bicyclic) bond motifs is 2. The molecule has 2 rings (SSSR count). The Bertz CT molecular complexity index is 195. The lowest BCUT2D eigenvalue weighted by Crippen LogP contribution is -2.32. The molecule has 0 saturated heterocycles. The van der Waals surface area contributed by atoms with Crippen LogP contribution in [0.3, 0.4) is 0 Å². The first-order valence-corrected chi connectivity index (χ1v) is 7.15. The highest BCUT2D eigenvalue weighted by Crippen LogP contribution is 2.48. The zero-order chi connectivity index (χ0) is 10.7. The first kappa shape index (κ1) is 11.7. The summed E-state index contributed by atoms with van der Waals surface area (Å²) in [5.41, 5.74) is 0. The molecule has 2 saturated carbocycles. The van der Waals surface area contributed by atoms with E-state index in [1.807, 2.05) is 0 Å². The van der Waals surface area contributed by atoms with Crippen LogP contribution < -0.4 is 0 Å². The van der Waals surface area contributed by atoms with Crippen molar-refractivity contribution in [2.24, 2.45) is 17.8 Å². The number of nitrogens with zero attached hydrogens (tertiary/aromatic N) is 1. The van der Waals surface area contributed by atoms with E-state index in [1.54, 1.807) is 0 Å². The van der Waals surface area contributed by atoms with Gasteiger partial charge in [-0.25, -0.2) is 0 Å². The Hall–Kier alpha value is 0.250. The fraction of sp³-hybridized carbons (Fsp3) is 1.00. The maximum Gasteiger partial charge on any atom is 0.0235 e. The molecule has 0 amide bonds. The molecule has 2 aliphatic carbocycles. The summed E-state index contributed by atoms with van der Waals surface area (Å²) >= 11 is 5.76. The van der Waals surface area contributed by atoms with E-state index in [1.165, 1.54) is 45.3 Å². The molecule has 1 nitrogen and oxygen atoms in total. The van der Waals surface area contributed by atoms with Crippen molar-refractivity contribution in [3.63, 3.8) is 0 Å². The molecule has 0 aromatic rings. The minimum absolute atomic E-state index is 0.813. The first-order valence-electron chi connectivity index (χ1n) is 6.61. The van der Waals surface area contributed by atoms with E-state index in [0.717, 1.165) is 30.1 Å². The third-order valence-electron chi connectivity index (χ3n) is 4.43. The Balaban J connectivity index is 1.74. The van der Waals surface area contributed by atoms with Crippen LogP contribution in [0.2, 0.25) is 0 Å². The van der Waals surface area contributed by atoms with Gasteiger partial charge in [-0.1, -0.05) is 13.3 Å². The summed E-state index contributed by atoms with van der Waals surface area (Å²) in [5, 5.41) is 0. The van der Waals surface area contributed by atoms with Crippen molar-refractivity contribution in [3.05, 3.63) is 0 Å². The summed E-state index contributed by atoms with van der Waals surface area (Å²) in [6.45, 7) is 6.02. The van der Waals surface area contributed by atoms with Crippen LogP contribution in [0.5, 0.6) is 0 Å². The molecule has 2 bridgehead atoms. The van der Waals surface area contributed by atoms with Gasteiger partial charge < -0.3 is 4.90 Å². The molecule has 0 spiro atoms. The molecule has 0 heterocycles. The second-order valence-corrected chi connectivity index (χ2v) is 5.75. The van der Waals surface area contributed by atoms with Gasteiger partial charge >= 0.3 is 0 Å². The largest absolute Gasteiger partial charge is 0.303 e. The molecular formula is C13H24ClN. The molecule has 2 heteroatoms. The van der Waals surface area contributed by atoms with Crippen molar-refractivity contribution in [3.8, 4) is 0 Å². The van der Waals surface area contributed by atoms with Gasteiger partial charge in [0.25, 0.3) is 0 Å². The van der Waals surface area contributed by atoms with Crippen LogP contribution in [0, 0.1) is 17.8 Å². The zero-order valence-electron chi connectivity index (χ0n) is 9.92. The van der Waals surface area contributed by atoms with Crippen LogP contribution in [-0.2, 0) is 0 Å². The van der Waals surface area contributed by atoms with Gasteiger partial charge in [0.1, 0.15) is 0 Å². The van der Waals surface area contributed by atoms with Gasteiger partial charge in [0.2, 0.25) is 0 Å². The Kier molecular flexibility index (Phi) is 4.33. The van der Waals surface area contributed by atoms with E-state index in [2.05, 4.69) is 11.8 Å². The molecule has 3 unspecified atom stereocenters. The standard InChI is InChI=1S/C13H24ClN/c1-2-15(7-3-6-14)10-13-9-11-4-5-12(13)8-11/h11-13H,2-10H2,1H3. The van der Waals surface area contributed by atoms with Gasteiger partial charge in [0.05, 0.1) is 0 Å². The Morgan fingerprint density at radius 2 is 2.13 bits per heavy atom. The normalized spacial score (nSPS) is 34.2. The second-order valence-electron chi connectivity index (χ2n) is 5.37. The molecule has 0 aromatic heterocycles. The molecule has 0 aromatic carbocycles. The molecule has 2 aliphatic rings. The fourth-order valence-corrected chi connectivity index (χ4v) is 3.71. The number of hydrogen-bond donors (Lipinski definition) is 0. The fourth-order valence-electron chi connectivity index (χ4n) is 3.59. The predicted molar refractivity (Wildman–Crippen MR) is 66.4 cm³/mol. The minimum atomic E-state index is 0.813. The molecule has 88 valence electrons. The predicted octanol–water partition coefficient (Wildman–Crippen LogP) is 3.37. The summed E-state index contributed by atoms with van der Waals surface area (Å²) < 4.78 is 0. The van der Waals surface area contributed by atoms with Crippen LogP contribution >= 0.6 is 11.6 Å². The maximum absolute atomic E-state index is 5.76. The molecule has 0 N–H and O–H groups in total. The van der Waals surface area contributed by atoms with Gasteiger partial charge in [0, 0.05) is 12.4 Å². The lowest BCUT2D eigenvalue weighted by molar-refractivity contribution is 0.197. The summed E-state index contributed by atoms with van der Waals surface area (Å²) in [6, 6.07) is 0. The van der Waals surface area contributed by atoms with Gasteiger partial charge in [-0.3, -0.25) is 0 Å². The Morgan fingerprint density at radius 1 is 1.27 bits per heavy atom. The van der Waals surface area contributed by atoms with Crippen LogP contribution in [-0.4, -0.2) is 30.4 Å². The van der Waals surface area contributed by atoms with Crippen molar-refractivity contribution in [2.45, 2.75) is 39.0 Å². The molecule has 2 fully saturated rings. The van der Waals surface area contributed by atoms with Crippen molar-refractivity contribution < 1.29 is 0 Å². The summed E-state index contributed by atoms with van der Waals surface area (Å²) in [4.78, 5) is 2.60. The highest BCUT2D eigenvalue weighted by Gasteiger charge is 2.39. The van der Waals surface area contributed by atoms with Gasteiger partial charge in [-0.2, -0.15) is 0 Å². The van der Waals surface area contributed by atoms with Crippen molar-refractivity contribution in [1.29, 1.82) is 0 Å². The van der Waals surface area contributed by atoms with Crippen LogP contribution in [0.25, 0.3) is 0 Å². The number of hydrogen-bond acceptors (Lipinski definition) is 1. The zero-order valence-corrected chi connectivity index (χ0v) is 10.7. The second kappa shape index (κ2) is 5.54. The van der Waals surface area contributed by atoms with Gasteiger partial charge in [-0.15, -0.1) is 11.6 Å². The average Bonchev–Trinajstić information content (AvgIpc) is 2.85. The molecular weight excluding hydrogens is 206 g/mol. The monoisotopic (exact) mass is 229 g/mol. The van der Waals surface area contributed by atoms with Crippen LogP contribution in [0.1, 0.15) is 39.0 Å². The van der Waals surface area contributed by atoms with E-state index < -0.39 is 0 Å². The van der Waals surface area contributed by atoms with Gasteiger partial charge in [-0.05, 0) is 56.5 Å². The topological polar surface area (TPSA) is 3.24 Å². The Labute approximate surface area is 99.2 Å². The third-order valence-corrected chi connectivity index (χ3v) is 4.70. The minimum Gasteiger partial charge on any atom is -0.303 e. The summed E-state index contributed by atoms with van der Waals surface area (Å²) in [5.74, 6) is 3.98. The summed E-state index contributed by atoms with van der Waals surface area (Å²) in [6.07, 6.45) is 7.24. The quantitative estimate of drug-likeness (QED) is 0.632. The number of alkyl halides is 1. The van der Waals surface area contributed by atoms with E-state index in [-0.39, 0.29) is 0 Å². The van der Waals surface area contributed by atoms with E-state index in [4.69, 9.17) is 11.6 Å². The number of halogens is 1. The highest BCUT2D eigenvalue weighted by atomic mass is 35.5. The van der Waals surface area contributed by atoms with Crippen molar-refractivity contribution in [1.82, 2.24) is 4.90 Å². The average molecular weight is 230 g/mol. The van der Waals surface area contributed by atoms with E-state index in [9.17, 15) is 0 Å². The van der Waals surface area contributed by atoms with E-state index in [0.29, 0.717) is 0 Å².